The molecule has 216 valence electrons. The molecule has 0 bridgehead atoms. The maximum absolute atomic E-state index is 10.8. The Kier molecular flexibility index (Phi) is 10.5. The number of hydrogen-bond donors (Lipinski definition) is 2. The summed E-state index contributed by atoms with van der Waals surface area (Å²) in [7, 11) is -0.798. The summed E-state index contributed by atoms with van der Waals surface area (Å²) in [6.07, 6.45) is 6.80. The number of carbonyl (C=O) groups is 1. The number of benzene rings is 2. The van der Waals surface area contributed by atoms with Crippen molar-refractivity contribution in [2.45, 2.75) is 18.9 Å². The van der Waals surface area contributed by atoms with Crippen LogP contribution in [0.25, 0.3) is 6.08 Å². The first-order chi connectivity index (χ1) is 19.3. The molecule has 2 fully saturated rings. The van der Waals surface area contributed by atoms with Crippen LogP contribution < -0.4 is 20.3 Å². The summed E-state index contributed by atoms with van der Waals surface area (Å²) in [4.78, 5) is 37.1. The van der Waals surface area contributed by atoms with E-state index in [1.54, 1.807) is 13.3 Å². The van der Waals surface area contributed by atoms with Crippen LogP contribution in [-0.2, 0) is 4.79 Å². The molecule has 10 heteroatoms. The van der Waals surface area contributed by atoms with Crippen LogP contribution >= 0.6 is 7.49 Å². The van der Waals surface area contributed by atoms with Crippen LogP contribution in [-0.4, -0.2) is 106 Å². The zero-order chi connectivity index (χ0) is 28.5. The summed E-state index contributed by atoms with van der Waals surface area (Å²) < 4.78 is 5.71. The maximum atomic E-state index is 10.8. The Labute approximate surface area is 238 Å². The van der Waals surface area contributed by atoms with Crippen molar-refractivity contribution in [2.75, 3.05) is 76.5 Å². The Bertz CT molecular complexity index is 1210. The molecule has 0 aromatic heterocycles. The third-order valence-electron chi connectivity index (χ3n) is 7.74. The monoisotopic (exact) mass is 566 g/mol. The second-order valence-corrected chi connectivity index (χ2v) is 14.5. The van der Waals surface area contributed by atoms with Crippen LogP contribution in [0.1, 0.15) is 18.4 Å². The van der Waals surface area contributed by atoms with Gasteiger partial charge >= 0.3 is 153 Å². The Hall–Kier alpha value is -3.10. The molecule has 0 atom stereocenters. The number of ether oxygens (including phenoxy) is 1. The number of aliphatic imine (C=N–C) groups is 2. The van der Waals surface area contributed by atoms with Gasteiger partial charge in [0.05, 0.1) is 6.54 Å². The summed E-state index contributed by atoms with van der Waals surface area (Å²) in [6.45, 7) is 14.0. The first-order valence-electron chi connectivity index (χ1n) is 14.0. The molecule has 9 nitrogen and oxygen atoms in total. The van der Waals surface area contributed by atoms with Crippen LogP contribution in [0.2, 0.25) is 0 Å². The molecule has 0 saturated carbocycles. The van der Waals surface area contributed by atoms with E-state index in [4.69, 9.17) is 4.74 Å². The number of piperidine rings is 1. The van der Waals surface area contributed by atoms with Crippen LogP contribution in [0.3, 0.4) is 0 Å². The van der Waals surface area contributed by atoms with Gasteiger partial charge in [-0.05, 0) is 12.8 Å². The second-order valence-electron chi connectivity index (χ2n) is 10.8. The molecular formula is C30H43N6O3P. The first kappa shape index (κ1) is 29.9. The molecular weight excluding hydrogens is 523 g/mol. The van der Waals surface area contributed by atoms with E-state index < -0.39 is 7.49 Å². The van der Waals surface area contributed by atoms with Gasteiger partial charge in [0.1, 0.15) is 6.29 Å². The first-order valence-corrected chi connectivity index (χ1v) is 16.9. The Morgan fingerprint density at radius 2 is 1.85 bits per heavy atom. The average Bonchev–Trinajstić information content (AvgIpc) is 2.97. The number of anilines is 2. The van der Waals surface area contributed by atoms with Gasteiger partial charge in [0, 0.05) is 45.3 Å². The predicted molar refractivity (Wildman–Crippen MR) is 170 cm³/mol. The average molecular weight is 567 g/mol. The van der Waals surface area contributed by atoms with Gasteiger partial charge in [0.25, 0.3) is 0 Å². The number of nitrogens with one attached hydrogen (secondary N) is 1. The Balaban J connectivity index is 1.37. The molecule has 2 saturated heterocycles. The third kappa shape index (κ3) is 7.76. The van der Waals surface area contributed by atoms with E-state index in [0.29, 0.717) is 24.3 Å². The van der Waals surface area contributed by atoms with E-state index in [0.717, 1.165) is 80.6 Å². The van der Waals surface area contributed by atoms with Gasteiger partial charge in [0.15, 0.2) is 0 Å². The summed E-state index contributed by atoms with van der Waals surface area (Å²) in [5.74, 6) is 1.07. The van der Waals surface area contributed by atoms with Gasteiger partial charge in [-0.25, -0.2) is 0 Å². The number of hydrogen-bond acceptors (Lipinski definition) is 7. The topological polar surface area (TPSA) is 93.0 Å². The van der Waals surface area contributed by atoms with Crippen molar-refractivity contribution in [1.82, 2.24) is 9.80 Å². The van der Waals surface area contributed by atoms with E-state index >= 15 is 0 Å². The van der Waals surface area contributed by atoms with Crippen molar-refractivity contribution >= 4 is 49.2 Å². The van der Waals surface area contributed by atoms with Crippen molar-refractivity contribution in [3.8, 4) is 5.75 Å². The van der Waals surface area contributed by atoms with Crippen molar-refractivity contribution in [2.24, 2.45) is 9.98 Å². The zero-order valence-electron chi connectivity index (χ0n) is 23.9. The number of piperazine rings is 1. The number of nitrogens with zero attached hydrogens (tertiary/aromatic N) is 5. The molecule has 2 aliphatic rings. The molecule has 2 N–H and O–H groups in total. The molecule has 4 rings (SSSR count). The van der Waals surface area contributed by atoms with Gasteiger partial charge in [-0.15, -0.1) is 0 Å². The molecule has 2 aromatic carbocycles. The quantitative estimate of drug-likeness (QED) is 0.209. The number of rotatable bonds is 9. The minimum absolute atomic E-state index is 0.356. The third-order valence-corrected chi connectivity index (χ3v) is 9.51. The molecule has 0 radical (unpaired) electrons. The molecule has 40 heavy (non-hydrogen) atoms. The normalized spacial score (nSPS) is 18.6. The molecule has 0 spiro atoms. The minimum atomic E-state index is -2.46. The molecule has 2 aliphatic heterocycles. The molecule has 2 heterocycles. The standard InChI is InChI=1S/C30H43N6O3P/c1-31-30(32-14-11-24-7-5-6-8-29(24)40(3,4)38)33-27-10-9-26(23-28(27)39-2)35-15-12-25(13-16-35)36-19-17-34(18-20-36)21-22-37/h5-11,14,22-23,25,38,40H,1,12-13,15-21H2,2-4H3,(H,32,33)/b14-11-. The Morgan fingerprint density at radius 1 is 1.12 bits per heavy atom. The van der Waals surface area contributed by atoms with Crippen molar-refractivity contribution < 1.29 is 14.4 Å². The molecule has 0 aliphatic carbocycles. The van der Waals surface area contributed by atoms with E-state index in [9.17, 15) is 9.69 Å². The van der Waals surface area contributed by atoms with Gasteiger partial charge in [-0.1, -0.05) is 0 Å². The zero-order valence-corrected chi connectivity index (χ0v) is 24.9. The van der Waals surface area contributed by atoms with Gasteiger partial charge in [0.2, 0.25) is 0 Å². The van der Waals surface area contributed by atoms with Gasteiger partial charge < -0.3 is 4.79 Å². The van der Waals surface area contributed by atoms with Crippen molar-refractivity contribution in [3.63, 3.8) is 0 Å². The number of carbonyl (C=O) groups excluding carboxylic acids is 1. The fraction of sp³-hybridized carbons (Fsp3) is 0.433. The van der Waals surface area contributed by atoms with Crippen LogP contribution in [0.15, 0.2) is 58.6 Å². The Morgan fingerprint density at radius 3 is 2.50 bits per heavy atom. The van der Waals surface area contributed by atoms with Crippen molar-refractivity contribution in [3.05, 3.63) is 54.2 Å². The van der Waals surface area contributed by atoms with E-state index in [1.807, 2.05) is 49.7 Å². The van der Waals surface area contributed by atoms with Crippen molar-refractivity contribution in [1.29, 1.82) is 0 Å². The fourth-order valence-electron chi connectivity index (χ4n) is 5.51. The number of methoxy groups -OCH3 is 1. The van der Waals surface area contributed by atoms with Gasteiger partial charge in [-0.2, -0.15) is 0 Å². The molecule has 0 amide bonds. The summed E-state index contributed by atoms with van der Waals surface area (Å²) in [6, 6.07) is 14.6. The van der Waals surface area contributed by atoms with Gasteiger partial charge in [-0.3, -0.25) is 9.80 Å². The fourth-order valence-corrected chi connectivity index (χ4v) is 6.88. The summed E-state index contributed by atoms with van der Waals surface area (Å²) in [5.41, 5.74) is 2.84. The van der Waals surface area contributed by atoms with E-state index in [2.05, 4.69) is 48.9 Å². The van der Waals surface area contributed by atoms with E-state index in [1.165, 1.54) is 0 Å². The molecule has 0 unspecified atom stereocenters. The number of guanidine groups is 1. The summed E-state index contributed by atoms with van der Waals surface area (Å²) >= 11 is 0. The number of aldehydes is 1. The SMILES string of the molecule is C=N/C(=N\C=C/c1ccccc1[PH](C)(C)O)Nc1ccc(N2CCC(N3CCN(CC=O)CC3)CC2)cc1OC. The van der Waals surface area contributed by atoms with Crippen LogP contribution in [0.4, 0.5) is 11.4 Å². The molecule has 2 aromatic rings. The predicted octanol–water partition coefficient (Wildman–Crippen LogP) is 3.16. The summed E-state index contributed by atoms with van der Waals surface area (Å²) in [5, 5.41) is 4.18. The van der Waals surface area contributed by atoms with E-state index in [-0.39, 0.29) is 0 Å². The van der Waals surface area contributed by atoms with Crippen LogP contribution in [0.5, 0.6) is 5.75 Å². The second kappa shape index (κ2) is 14.0. The van der Waals surface area contributed by atoms with Crippen LogP contribution in [0, 0.1) is 0 Å².